The Labute approximate surface area is 108 Å². The zero-order valence-corrected chi connectivity index (χ0v) is 11.2. The van der Waals surface area contributed by atoms with E-state index in [4.69, 9.17) is 4.42 Å². The molecule has 0 saturated carbocycles. The molecule has 1 atom stereocenters. The highest BCUT2D eigenvalue weighted by molar-refractivity contribution is 5.91. The first-order valence-electron chi connectivity index (χ1n) is 6.79. The van der Waals surface area contributed by atoms with Crippen molar-refractivity contribution in [2.45, 2.75) is 39.2 Å². The molecule has 1 N–H and O–H groups in total. The molecule has 0 bridgehead atoms. The van der Waals surface area contributed by atoms with Crippen LogP contribution in [-0.2, 0) is 0 Å². The average Bonchev–Trinajstić information content (AvgIpc) is 2.99. The Morgan fingerprint density at radius 1 is 1.56 bits per heavy atom. The molecule has 1 fully saturated rings. The van der Waals surface area contributed by atoms with Crippen LogP contribution in [-0.4, -0.2) is 36.5 Å². The standard InChI is InChI=1S/C14H22N2O2/c1-3-9-16(10-12-5-4-8-15-12)14(17)13-7-6-11(2)18-13/h6-7,12,15H,3-5,8-10H2,1-2H3. The van der Waals surface area contributed by atoms with Gasteiger partial charge in [0, 0.05) is 19.1 Å². The summed E-state index contributed by atoms with van der Waals surface area (Å²) in [7, 11) is 0. The Kier molecular flexibility index (Phi) is 4.42. The van der Waals surface area contributed by atoms with Crippen molar-refractivity contribution in [2.24, 2.45) is 0 Å². The van der Waals surface area contributed by atoms with Crippen molar-refractivity contribution in [3.05, 3.63) is 23.7 Å². The Balaban J connectivity index is 2.01. The van der Waals surface area contributed by atoms with Crippen LogP contribution < -0.4 is 5.32 Å². The summed E-state index contributed by atoms with van der Waals surface area (Å²) in [5.74, 6) is 1.26. The maximum absolute atomic E-state index is 12.3. The number of amides is 1. The molecule has 4 nitrogen and oxygen atoms in total. The van der Waals surface area contributed by atoms with Crippen LogP contribution >= 0.6 is 0 Å². The first-order valence-corrected chi connectivity index (χ1v) is 6.79. The van der Waals surface area contributed by atoms with E-state index in [-0.39, 0.29) is 5.91 Å². The minimum atomic E-state index is 0.0126. The van der Waals surface area contributed by atoms with Gasteiger partial charge in [0.05, 0.1) is 0 Å². The van der Waals surface area contributed by atoms with Gasteiger partial charge in [-0.15, -0.1) is 0 Å². The van der Waals surface area contributed by atoms with Crippen molar-refractivity contribution in [3.8, 4) is 0 Å². The van der Waals surface area contributed by atoms with Crippen LogP contribution in [0.25, 0.3) is 0 Å². The molecule has 2 heterocycles. The van der Waals surface area contributed by atoms with Gasteiger partial charge in [0.25, 0.3) is 5.91 Å². The third kappa shape index (κ3) is 3.13. The lowest BCUT2D eigenvalue weighted by Crippen LogP contribution is -2.41. The summed E-state index contributed by atoms with van der Waals surface area (Å²) in [6, 6.07) is 4.05. The number of nitrogens with one attached hydrogen (secondary N) is 1. The van der Waals surface area contributed by atoms with Gasteiger partial charge in [-0.05, 0) is 44.9 Å². The van der Waals surface area contributed by atoms with E-state index in [0.717, 1.165) is 38.2 Å². The third-order valence-corrected chi connectivity index (χ3v) is 3.34. The van der Waals surface area contributed by atoms with Crippen LogP contribution in [0, 0.1) is 6.92 Å². The highest BCUT2D eigenvalue weighted by Gasteiger charge is 2.23. The molecule has 0 radical (unpaired) electrons. The van der Waals surface area contributed by atoms with E-state index in [1.807, 2.05) is 17.9 Å². The summed E-state index contributed by atoms with van der Waals surface area (Å²) in [6.45, 7) is 6.59. The van der Waals surface area contributed by atoms with E-state index in [2.05, 4.69) is 12.2 Å². The summed E-state index contributed by atoms with van der Waals surface area (Å²) < 4.78 is 5.43. The number of carbonyl (C=O) groups is 1. The quantitative estimate of drug-likeness (QED) is 0.871. The van der Waals surface area contributed by atoms with E-state index in [0.29, 0.717) is 11.8 Å². The zero-order chi connectivity index (χ0) is 13.0. The van der Waals surface area contributed by atoms with Crippen LogP contribution in [0.15, 0.2) is 16.5 Å². The van der Waals surface area contributed by atoms with Gasteiger partial charge in [-0.2, -0.15) is 0 Å². The normalized spacial score (nSPS) is 19.1. The van der Waals surface area contributed by atoms with Gasteiger partial charge in [0.2, 0.25) is 0 Å². The predicted octanol–water partition coefficient (Wildman–Crippen LogP) is 2.19. The first-order chi connectivity index (χ1) is 8.70. The van der Waals surface area contributed by atoms with Crippen molar-refractivity contribution >= 4 is 5.91 Å². The zero-order valence-electron chi connectivity index (χ0n) is 11.2. The molecule has 1 unspecified atom stereocenters. The molecule has 1 saturated heterocycles. The van der Waals surface area contributed by atoms with Crippen LogP contribution in [0.2, 0.25) is 0 Å². The van der Waals surface area contributed by atoms with Crippen molar-refractivity contribution in [3.63, 3.8) is 0 Å². The summed E-state index contributed by atoms with van der Waals surface area (Å²) in [5.41, 5.74) is 0. The van der Waals surface area contributed by atoms with E-state index in [1.54, 1.807) is 6.07 Å². The molecular weight excluding hydrogens is 228 g/mol. The predicted molar refractivity (Wildman–Crippen MR) is 70.7 cm³/mol. The molecule has 2 rings (SSSR count). The monoisotopic (exact) mass is 250 g/mol. The number of furan rings is 1. The van der Waals surface area contributed by atoms with E-state index in [1.165, 1.54) is 6.42 Å². The largest absolute Gasteiger partial charge is 0.456 e. The highest BCUT2D eigenvalue weighted by atomic mass is 16.3. The number of hydrogen-bond donors (Lipinski definition) is 1. The first kappa shape index (κ1) is 13.1. The van der Waals surface area contributed by atoms with Crippen LogP contribution in [0.1, 0.15) is 42.5 Å². The Morgan fingerprint density at radius 2 is 2.39 bits per heavy atom. The second-order valence-corrected chi connectivity index (χ2v) is 4.95. The summed E-state index contributed by atoms with van der Waals surface area (Å²) in [5, 5.41) is 3.43. The van der Waals surface area contributed by atoms with Crippen LogP contribution in [0.5, 0.6) is 0 Å². The smallest absolute Gasteiger partial charge is 0.289 e. The molecule has 0 spiro atoms. The van der Waals surface area contributed by atoms with Crippen molar-refractivity contribution in [1.29, 1.82) is 0 Å². The SMILES string of the molecule is CCCN(CC1CCCN1)C(=O)c1ccc(C)o1. The molecule has 100 valence electrons. The number of nitrogens with zero attached hydrogens (tertiary/aromatic N) is 1. The Bertz CT molecular complexity index is 394. The molecule has 0 aromatic carbocycles. The lowest BCUT2D eigenvalue weighted by atomic mass is 10.2. The van der Waals surface area contributed by atoms with Gasteiger partial charge in [0.15, 0.2) is 5.76 Å². The maximum atomic E-state index is 12.3. The second kappa shape index (κ2) is 6.05. The van der Waals surface area contributed by atoms with Gasteiger partial charge in [-0.3, -0.25) is 4.79 Å². The Hall–Kier alpha value is -1.29. The van der Waals surface area contributed by atoms with Gasteiger partial charge in [-0.25, -0.2) is 0 Å². The fraction of sp³-hybridized carbons (Fsp3) is 0.643. The summed E-state index contributed by atoms with van der Waals surface area (Å²) in [4.78, 5) is 14.2. The molecule has 1 aliphatic rings. The van der Waals surface area contributed by atoms with E-state index >= 15 is 0 Å². The molecule has 1 aromatic heterocycles. The van der Waals surface area contributed by atoms with E-state index < -0.39 is 0 Å². The van der Waals surface area contributed by atoms with Gasteiger partial charge in [-0.1, -0.05) is 6.92 Å². The maximum Gasteiger partial charge on any atom is 0.289 e. The number of carbonyl (C=O) groups excluding carboxylic acids is 1. The van der Waals surface area contributed by atoms with Gasteiger partial charge in [0.1, 0.15) is 5.76 Å². The van der Waals surface area contributed by atoms with Gasteiger partial charge >= 0.3 is 0 Å². The number of aryl methyl sites for hydroxylation is 1. The molecule has 18 heavy (non-hydrogen) atoms. The molecule has 1 amide bonds. The van der Waals surface area contributed by atoms with Crippen molar-refractivity contribution in [1.82, 2.24) is 10.2 Å². The minimum Gasteiger partial charge on any atom is -0.456 e. The molecule has 1 aromatic rings. The third-order valence-electron chi connectivity index (χ3n) is 3.34. The molecular formula is C14H22N2O2. The molecule has 4 heteroatoms. The lowest BCUT2D eigenvalue weighted by Gasteiger charge is -2.24. The number of rotatable bonds is 5. The molecule has 0 aliphatic carbocycles. The summed E-state index contributed by atoms with van der Waals surface area (Å²) >= 11 is 0. The Morgan fingerprint density at radius 3 is 2.94 bits per heavy atom. The fourth-order valence-corrected chi connectivity index (χ4v) is 2.43. The fourth-order valence-electron chi connectivity index (χ4n) is 2.43. The molecule has 1 aliphatic heterocycles. The highest BCUT2D eigenvalue weighted by Crippen LogP contribution is 2.13. The van der Waals surface area contributed by atoms with Gasteiger partial charge < -0.3 is 14.6 Å². The van der Waals surface area contributed by atoms with Crippen molar-refractivity contribution in [2.75, 3.05) is 19.6 Å². The topological polar surface area (TPSA) is 45.5 Å². The minimum absolute atomic E-state index is 0.0126. The second-order valence-electron chi connectivity index (χ2n) is 4.95. The lowest BCUT2D eigenvalue weighted by molar-refractivity contribution is 0.0708. The van der Waals surface area contributed by atoms with Crippen LogP contribution in [0.4, 0.5) is 0 Å². The average molecular weight is 250 g/mol. The summed E-state index contributed by atoms with van der Waals surface area (Å²) in [6.07, 6.45) is 3.33. The van der Waals surface area contributed by atoms with Crippen molar-refractivity contribution < 1.29 is 9.21 Å². The van der Waals surface area contributed by atoms with E-state index in [9.17, 15) is 4.79 Å². The van der Waals surface area contributed by atoms with Crippen LogP contribution in [0.3, 0.4) is 0 Å². The number of hydrogen-bond acceptors (Lipinski definition) is 3.